The number of Topliss-reactive ketones (excluding diaryl/α,β-unsaturated/α-hetero) is 1. The first-order valence-corrected chi connectivity index (χ1v) is 5.91. The molecule has 0 aromatic heterocycles. The van der Waals surface area contributed by atoms with E-state index < -0.39 is 4.92 Å². The van der Waals surface area contributed by atoms with Crippen LogP contribution >= 0.6 is 11.6 Å². The van der Waals surface area contributed by atoms with Crippen molar-refractivity contribution in [2.75, 3.05) is 0 Å². The van der Waals surface area contributed by atoms with Gasteiger partial charge >= 0.3 is 0 Å². The van der Waals surface area contributed by atoms with Crippen molar-refractivity contribution in [2.45, 2.75) is 25.7 Å². The fourth-order valence-corrected chi connectivity index (χ4v) is 1.99. The minimum atomic E-state index is -0.437. The summed E-state index contributed by atoms with van der Waals surface area (Å²) in [5.41, 5.74) is 0.578. The van der Waals surface area contributed by atoms with Gasteiger partial charge in [-0.15, -0.1) is 0 Å². The number of nitro groups is 1. The highest BCUT2D eigenvalue weighted by Crippen LogP contribution is 2.32. The molecule has 0 bridgehead atoms. The number of hydrogen-bond acceptors (Lipinski definition) is 3. The van der Waals surface area contributed by atoms with Gasteiger partial charge in [-0.25, -0.2) is 0 Å². The van der Waals surface area contributed by atoms with Crippen LogP contribution in [0.5, 0.6) is 0 Å². The third-order valence-electron chi connectivity index (χ3n) is 2.91. The SMILES string of the molecule is O=C(CCc1cc(Cl)ccc1[N+](=O)[O-])C1CC1. The zero-order chi connectivity index (χ0) is 12.4. The summed E-state index contributed by atoms with van der Waals surface area (Å²) in [7, 11) is 0. The summed E-state index contributed by atoms with van der Waals surface area (Å²) in [5.74, 6) is 0.410. The molecule has 0 unspecified atom stereocenters. The molecule has 2 rings (SSSR count). The van der Waals surface area contributed by atoms with Gasteiger partial charge in [-0.3, -0.25) is 14.9 Å². The molecular formula is C12H12ClNO3. The van der Waals surface area contributed by atoms with Gasteiger partial charge in [0.1, 0.15) is 5.78 Å². The van der Waals surface area contributed by atoms with Crippen LogP contribution in [0.2, 0.25) is 5.02 Å². The Morgan fingerprint density at radius 1 is 1.47 bits per heavy atom. The topological polar surface area (TPSA) is 60.2 Å². The van der Waals surface area contributed by atoms with Gasteiger partial charge in [0.25, 0.3) is 5.69 Å². The first-order chi connectivity index (χ1) is 8.08. The van der Waals surface area contributed by atoms with Crippen LogP contribution in [0.1, 0.15) is 24.8 Å². The van der Waals surface area contributed by atoms with Crippen molar-refractivity contribution < 1.29 is 9.72 Å². The molecule has 0 N–H and O–H groups in total. The number of hydrogen-bond donors (Lipinski definition) is 0. The summed E-state index contributed by atoms with van der Waals surface area (Å²) in [5, 5.41) is 11.3. The van der Waals surface area contributed by atoms with Crippen molar-refractivity contribution in [2.24, 2.45) is 5.92 Å². The lowest BCUT2D eigenvalue weighted by molar-refractivity contribution is -0.385. The summed E-state index contributed by atoms with van der Waals surface area (Å²) in [6.07, 6.45) is 2.70. The van der Waals surface area contributed by atoms with Gasteiger partial charge in [0, 0.05) is 29.0 Å². The molecule has 0 heterocycles. The monoisotopic (exact) mass is 253 g/mol. The van der Waals surface area contributed by atoms with Gasteiger partial charge in [0.15, 0.2) is 0 Å². The van der Waals surface area contributed by atoms with Crippen LogP contribution in [0.15, 0.2) is 18.2 Å². The van der Waals surface area contributed by atoms with E-state index in [2.05, 4.69) is 0 Å². The van der Waals surface area contributed by atoms with Gasteiger partial charge in [0.05, 0.1) is 4.92 Å². The van der Waals surface area contributed by atoms with Gasteiger partial charge in [-0.05, 0) is 31.4 Å². The van der Waals surface area contributed by atoms with E-state index in [1.165, 1.54) is 12.1 Å². The molecule has 17 heavy (non-hydrogen) atoms. The summed E-state index contributed by atoms with van der Waals surface area (Å²) in [4.78, 5) is 21.9. The molecule has 0 atom stereocenters. The number of aryl methyl sites for hydroxylation is 1. The molecule has 1 aromatic rings. The van der Waals surface area contributed by atoms with Crippen molar-refractivity contribution in [3.63, 3.8) is 0 Å². The molecule has 0 amide bonds. The van der Waals surface area contributed by atoms with Crippen molar-refractivity contribution >= 4 is 23.1 Å². The zero-order valence-electron chi connectivity index (χ0n) is 9.19. The van der Waals surface area contributed by atoms with Crippen LogP contribution in [0.4, 0.5) is 5.69 Å². The van der Waals surface area contributed by atoms with E-state index in [1.807, 2.05) is 0 Å². The largest absolute Gasteiger partial charge is 0.299 e. The average Bonchev–Trinajstić information content (AvgIpc) is 3.09. The summed E-state index contributed by atoms with van der Waals surface area (Å²) in [6, 6.07) is 4.45. The normalized spacial score (nSPS) is 14.6. The molecule has 0 spiro atoms. The Balaban J connectivity index is 2.09. The van der Waals surface area contributed by atoms with E-state index in [-0.39, 0.29) is 17.4 Å². The first-order valence-electron chi connectivity index (χ1n) is 5.53. The molecule has 1 fully saturated rings. The second-order valence-corrected chi connectivity index (χ2v) is 4.71. The molecule has 0 radical (unpaired) electrons. The second kappa shape index (κ2) is 4.84. The standard InChI is InChI=1S/C12H12ClNO3/c13-10-4-5-11(14(16)17)9(7-10)3-6-12(15)8-1-2-8/h4-5,7-8H,1-3,6H2. The lowest BCUT2D eigenvalue weighted by atomic mass is 10.0. The number of nitro benzene ring substituents is 1. The number of benzene rings is 1. The van der Waals surface area contributed by atoms with E-state index in [0.29, 0.717) is 23.4 Å². The predicted octanol–water partition coefficient (Wildman–Crippen LogP) is 3.16. The number of rotatable bonds is 5. The molecule has 1 saturated carbocycles. The smallest absolute Gasteiger partial charge is 0.272 e. The Morgan fingerprint density at radius 3 is 2.76 bits per heavy atom. The molecule has 1 aliphatic carbocycles. The van der Waals surface area contributed by atoms with E-state index >= 15 is 0 Å². The molecule has 1 aromatic carbocycles. The summed E-state index contributed by atoms with van der Waals surface area (Å²) >= 11 is 5.80. The maximum atomic E-state index is 11.5. The lowest BCUT2D eigenvalue weighted by Crippen LogP contribution is -2.04. The average molecular weight is 254 g/mol. The molecule has 0 saturated heterocycles. The van der Waals surface area contributed by atoms with Crippen LogP contribution in [-0.4, -0.2) is 10.7 Å². The summed E-state index contributed by atoms with van der Waals surface area (Å²) < 4.78 is 0. The summed E-state index contributed by atoms with van der Waals surface area (Å²) in [6.45, 7) is 0. The van der Waals surface area contributed by atoms with E-state index in [4.69, 9.17) is 11.6 Å². The van der Waals surface area contributed by atoms with Crippen LogP contribution in [-0.2, 0) is 11.2 Å². The number of ketones is 1. The zero-order valence-corrected chi connectivity index (χ0v) is 9.94. The van der Waals surface area contributed by atoms with Gasteiger partial charge in [0.2, 0.25) is 0 Å². The second-order valence-electron chi connectivity index (χ2n) is 4.27. The fourth-order valence-electron chi connectivity index (χ4n) is 1.80. The third-order valence-corrected chi connectivity index (χ3v) is 3.15. The van der Waals surface area contributed by atoms with Gasteiger partial charge < -0.3 is 0 Å². The quantitative estimate of drug-likeness (QED) is 0.598. The van der Waals surface area contributed by atoms with Crippen LogP contribution < -0.4 is 0 Å². The van der Waals surface area contributed by atoms with Crippen molar-refractivity contribution in [3.05, 3.63) is 38.9 Å². The Hall–Kier alpha value is -1.42. The minimum Gasteiger partial charge on any atom is -0.299 e. The molecule has 4 nitrogen and oxygen atoms in total. The van der Waals surface area contributed by atoms with Crippen LogP contribution in [0.25, 0.3) is 0 Å². The molecule has 1 aliphatic rings. The highest BCUT2D eigenvalue weighted by Gasteiger charge is 2.29. The van der Waals surface area contributed by atoms with Crippen molar-refractivity contribution in [1.82, 2.24) is 0 Å². The highest BCUT2D eigenvalue weighted by molar-refractivity contribution is 6.30. The van der Waals surface area contributed by atoms with E-state index in [0.717, 1.165) is 12.8 Å². The lowest BCUT2D eigenvalue weighted by Gasteiger charge is -2.03. The molecule has 90 valence electrons. The number of nitrogens with zero attached hydrogens (tertiary/aromatic N) is 1. The maximum Gasteiger partial charge on any atom is 0.272 e. The Morgan fingerprint density at radius 2 is 2.18 bits per heavy atom. The fraction of sp³-hybridized carbons (Fsp3) is 0.417. The van der Waals surface area contributed by atoms with Crippen LogP contribution in [0, 0.1) is 16.0 Å². The Bertz CT molecular complexity index is 469. The molecule has 0 aliphatic heterocycles. The first kappa shape index (κ1) is 12.0. The predicted molar refractivity (Wildman–Crippen MR) is 64.2 cm³/mol. The molecular weight excluding hydrogens is 242 g/mol. The van der Waals surface area contributed by atoms with Crippen LogP contribution in [0.3, 0.4) is 0 Å². The Kier molecular flexibility index (Phi) is 3.43. The van der Waals surface area contributed by atoms with E-state index in [1.54, 1.807) is 6.07 Å². The third kappa shape index (κ3) is 3.03. The minimum absolute atomic E-state index is 0.0398. The van der Waals surface area contributed by atoms with Crippen molar-refractivity contribution in [1.29, 1.82) is 0 Å². The number of carbonyl (C=O) groups excluding carboxylic acids is 1. The number of halogens is 1. The van der Waals surface area contributed by atoms with Gasteiger partial charge in [-0.1, -0.05) is 11.6 Å². The highest BCUT2D eigenvalue weighted by atomic mass is 35.5. The van der Waals surface area contributed by atoms with E-state index in [9.17, 15) is 14.9 Å². The van der Waals surface area contributed by atoms with Crippen molar-refractivity contribution in [3.8, 4) is 0 Å². The Labute approximate surface area is 104 Å². The maximum absolute atomic E-state index is 11.5. The molecule has 5 heteroatoms. The van der Waals surface area contributed by atoms with Gasteiger partial charge in [-0.2, -0.15) is 0 Å². The number of carbonyl (C=O) groups is 1.